The molecule has 0 radical (unpaired) electrons. The maximum absolute atomic E-state index is 12.4. The van der Waals surface area contributed by atoms with Crippen LogP contribution in [0.25, 0.3) is 11.1 Å². The van der Waals surface area contributed by atoms with Crippen LogP contribution in [0, 0.1) is 0 Å². The molecule has 0 aliphatic carbocycles. The summed E-state index contributed by atoms with van der Waals surface area (Å²) in [7, 11) is 0. The van der Waals surface area contributed by atoms with Gasteiger partial charge < -0.3 is 9.47 Å². The molecular weight excluding hydrogens is 325 g/mol. The molecule has 5 nitrogen and oxygen atoms in total. The van der Waals surface area contributed by atoms with Gasteiger partial charge in [-0.05, 0) is 43.0 Å². The largest absolute Gasteiger partial charge is 0.573 e. The molecule has 1 aliphatic heterocycles. The summed E-state index contributed by atoms with van der Waals surface area (Å²) < 4.78 is 48.4. The van der Waals surface area contributed by atoms with Crippen molar-refractivity contribution in [1.29, 1.82) is 0 Å². The molecule has 1 atom stereocenters. The second-order valence-electron chi connectivity index (χ2n) is 5.49. The summed E-state index contributed by atoms with van der Waals surface area (Å²) in [6.07, 6.45) is 1.57. The number of benzene rings is 1. The highest BCUT2D eigenvalue weighted by atomic mass is 19.4. The third kappa shape index (κ3) is 3.94. The van der Waals surface area contributed by atoms with Gasteiger partial charge in [0, 0.05) is 23.9 Å². The van der Waals surface area contributed by atoms with Crippen LogP contribution in [-0.4, -0.2) is 29.0 Å². The summed E-state index contributed by atoms with van der Waals surface area (Å²) in [6.45, 7) is 0.657. The van der Waals surface area contributed by atoms with Crippen LogP contribution in [0.4, 0.5) is 13.2 Å². The van der Waals surface area contributed by atoms with Crippen molar-refractivity contribution < 1.29 is 27.4 Å². The van der Waals surface area contributed by atoms with Crippen molar-refractivity contribution in [3.05, 3.63) is 36.2 Å². The van der Waals surface area contributed by atoms with Crippen LogP contribution in [-0.2, 0) is 4.74 Å². The van der Waals surface area contributed by atoms with Crippen LogP contribution in [0.1, 0.15) is 35.8 Å². The normalized spacial score (nSPS) is 18.4. The van der Waals surface area contributed by atoms with E-state index in [1.54, 1.807) is 10.9 Å². The van der Waals surface area contributed by atoms with Gasteiger partial charge in [-0.25, -0.2) is 4.68 Å². The number of alkyl halides is 3. The van der Waals surface area contributed by atoms with Crippen molar-refractivity contribution in [3.63, 3.8) is 0 Å². The summed E-state index contributed by atoms with van der Waals surface area (Å²) in [5.41, 5.74) is 1.09. The van der Waals surface area contributed by atoms with Gasteiger partial charge in [0.05, 0.1) is 6.20 Å². The molecule has 0 N–H and O–H groups in total. The number of hydrogen-bond donors (Lipinski definition) is 0. The number of aromatic nitrogens is 2. The van der Waals surface area contributed by atoms with E-state index in [2.05, 4.69) is 9.84 Å². The van der Waals surface area contributed by atoms with Crippen molar-refractivity contribution in [2.45, 2.75) is 31.9 Å². The average Bonchev–Trinajstić information content (AvgIpc) is 3.04. The minimum absolute atomic E-state index is 0.0911. The number of aldehydes is 1. The maximum Gasteiger partial charge on any atom is 0.573 e. The molecule has 3 rings (SSSR count). The molecule has 2 aromatic rings. The molecule has 0 amide bonds. The Morgan fingerprint density at radius 3 is 2.75 bits per heavy atom. The first-order valence-corrected chi connectivity index (χ1v) is 7.47. The first-order valence-electron chi connectivity index (χ1n) is 7.47. The first-order chi connectivity index (χ1) is 11.4. The summed E-state index contributed by atoms with van der Waals surface area (Å²) in [5, 5.41) is 4.22. The lowest BCUT2D eigenvalue weighted by atomic mass is 10.1. The molecule has 128 valence electrons. The molecule has 0 spiro atoms. The smallest absolute Gasteiger partial charge is 0.406 e. The molecule has 1 fully saturated rings. The van der Waals surface area contributed by atoms with E-state index in [1.165, 1.54) is 18.3 Å². The second kappa shape index (κ2) is 6.64. The molecule has 2 heterocycles. The van der Waals surface area contributed by atoms with Crippen molar-refractivity contribution >= 4 is 6.29 Å². The molecule has 0 saturated carbocycles. The molecule has 0 bridgehead atoms. The van der Waals surface area contributed by atoms with Crippen molar-refractivity contribution in [3.8, 4) is 16.9 Å². The predicted octanol–water partition coefficient (Wildman–Crippen LogP) is 3.96. The van der Waals surface area contributed by atoms with Crippen LogP contribution in [0.3, 0.4) is 0 Å². The lowest BCUT2D eigenvalue weighted by Gasteiger charge is -2.22. The monoisotopic (exact) mass is 340 g/mol. The fourth-order valence-corrected chi connectivity index (χ4v) is 2.63. The molecular formula is C16H15F3N2O3. The Kier molecular flexibility index (Phi) is 4.57. The van der Waals surface area contributed by atoms with E-state index in [-0.39, 0.29) is 11.8 Å². The van der Waals surface area contributed by atoms with Gasteiger partial charge in [0.2, 0.25) is 0 Å². The lowest BCUT2D eigenvalue weighted by molar-refractivity contribution is -0.274. The van der Waals surface area contributed by atoms with Crippen LogP contribution >= 0.6 is 0 Å². The quantitative estimate of drug-likeness (QED) is 0.791. The minimum Gasteiger partial charge on any atom is -0.406 e. The third-order valence-corrected chi connectivity index (χ3v) is 3.68. The van der Waals surface area contributed by atoms with E-state index in [0.29, 0.717) is 24.0 Å². The minimum atomic E-state index is -4.82. The lowest BCUT2D eigenvalue weighted by Crippen LogP contribution is -2.18. The van der Waals surface area contributed by atoms with Gasteiger partial charge in [0.1, 0.15) is 18.3 Å². The van der Waals surface area contributed by atoms with Gasteiger partial charge in [0.25, 0.3) is 0 Å². The van der Waals surface area contributed by atoms with Gasteiger partial charge in [0.15, 0.2) is 0 Å². The van der Waals surface area contributed by atoms with Crippen LogP contribution in [0.15, 0.2) is 30.6 Å². The van der Waals surface area contributed by atoms with E-state index < -0.39 is 12.1 Å². The van der Waals surface area contributed by atoms with E-state index in [1.807, 2.05) is 0 Å². The van der Waals surface area contributed by atoms with E-state index >= 15 is 0 Å². The summed E-state index contributed by atoms with van der Waals surface area (Å²) >= 11 is 0. The number of halogens is 3. The Balaban J connectivity index is 1.89. The highest BCUT2D eigenvalue weighted by Crippen LogP contribution is 2.30. The topological polar surface area (TPSA) is 53.3 Å². The summed E-state index contributed by atoms with van der Waals surface area (Å²) in [4.78, 5) is 11.0. The van der Waals surface area contributed by atoms with Gasteiger partial charge >= 0.3 is 6.36 Å². The zero-order chi connectivity index (χ0) is 17.2. The number of hydrogen-bond acceptors (Lipinski definition) is 4. The molecule has 1 aromatic heterocycles. The zero-order valence-electron chi connectivity index (χ0n) is 12.6. The SMILES string of the molecule is O=Cc1cc(OC(F)(F)F)cc(-c2cnn(C3CCCCO3)c2)c1. The van der Waals surface area contributed by atoms with Crippen molar-refractivity contribution in [2.24, 2.45) is 0 Å². The van der Waals surface area contributed by atoms with Gasteiger partial charge in [-0.15, -0.1) is 13.2 Å². The molecule has 1 aliphatic rings. The van der Waals surface area contributed by atoms with Crippen molar-refractivity contribution in [2.75, 3.05) is 6.61 Å². The fourth-order valence-electron chi connectivity index (χ4n) is 2.63. The molecule has 1 unspecified atom stereocenters. The second-order valence-corrected chi connectivity index (χ2v) is 5.49. The Morgan fingerprint density at radius 1 is 1.25 bits per heavy atom. The highest BCUT2D eigenvalue weighted by molar-refractivity contribution is 5.80. The Bertz CT molecular complexity index is 722. The standard InChI is InChI=1S/C16H15F3N2O3/c17-16(18,19)24-14-6-11(10-22)5-12(7-14)13-8-20-21(9-13)15-3-1-2-4-23-15/h5-10,15H,1-4H2. The number of nitrogens with zero attached hydrogens (tertiary/aromatic N) is 2. The van der Waals surface area contributed by atoms with Gasteiger partial charge in [-0.1, -0.05) is 0 Å². The van der Waals surface area contributed by atoms with E-state index in [0.717, 1.165) is 25.3 Å². The van der Waals surface area contributed by atoms with Crippen LogP contribution in [0.5, 0.6) is 5.75 Å². The zero-order valence-corrected chi connectivity index (χ0v) is 12.6. The fraction of sp³-hybridized carbons (Fsp3) is 0.375. The average molecular weight is 340 g/mol. The highest BCUT2D eigenvalue weighted by Gasteiger charge is 2.31. The van der Waals surface area contributed by atoms with E-state index in [4.69, 9.17) is 4.74 Å². The maximum atomic E-state index is 12.4. The number of ether oxygens (including phenoxy) is 2. The Labute approximate surface area is 136 Å². The van der Waals surface area contributed by atoms with Crippen LogP contribution in [0.2, 0.25) is 0 Å². The van der Waals surface area contributed by atoms with Gasteiger partial charge in [-0.3, -0.25) is 4.79 Å². The third-order valence-electron chi connectivity index (χ3n) is 3.68. The summed E-state index contributed by atoms with van der Waals surface area (Å²) in [5.74, 6) is -0.441. The number of rotatable bonds is 4. The predicted molar refractivity (Wildman–Crippen MR) is 78.6 cm³/mol. The molecule has 1 aromatic carbocycles. The van der Waals surface area contributed by atoms with Gasteiger partial charge in [-0.2, -0.15) is 5.10 Å². The van der Waals surface area contributed by atoms with Crippen LogP contribution < -0.4 is 4.74 Å². The molecule has 8 heteroatoms. The molecule has 24 heavy (non-hydrogen) atoms. The first kappa shape index (κ1) is 16.5. The summed E-state index contributed by atoms with van der Waals surface area (Å²) in [6, 6.07) is 3.75. The number of carbonyl (C=O) groups excluding carboxylic acids is 1. The molecule has 1 saturated heterocycles. The van der Waals surface area contributed by atoms with E-state index in [9.17, 15) is 18.0 Å². The number of carbonyl (C=O) groups is 1. The Hall–Kier alpha value is -2.35. The van der Waals surface area contributed by atoms with Crippen molar-refractivity contribution in [1.82, 2.24) is 9.78 Å². The Morgan fingerprint density at radius 2 is 2.08 bits per heavy atom.